The van der Waals surface area contributed by atoms with Gasteiger partial charge in [-0.1, -0.05) is 13.8 Å². The summed E-state index contributed by atoms with van der Waals surface area (Å²) >= 11 is 0. The van der Waals surface area contributed by atoms with Crippen LogP contribution in [-0.4, -0.2) is 128 Å². The van der Waals surface area contributed by atoms with E-state index in [-0.39, 0.29) is 60.4 Å². The maximum Gasteiger partial charge on any atom is 2.00 e. The van der Waals surface area contributed by atoms with Gasteiger partial charge < -0.3 is 45.9 Å². The molecule has 34 heavy (non-hydrogen) atoms. The number of rotatable bonds is 10. The average Bonchev–Trinajstić information content (AvgIpc) is 2.68. The van der Waals surface area contributed by atoms with Crippen molar-refractivity contribution in [3.63, 3.8) is 0 Å². The quantitative estimate of drug-likeness (QED) is 0.110. The summed E-state index contributed by atoms with van der Waals surface area (Å²) in [6, 6.07) is 0. The molecule has 0 aliphatic rings. The van der Waals surface area contributed by atoms with Gasteiger partial charge in [-0.25, -0.2) is 10.5 Å². The van der Waals surface area contributed by atoms with Gasteiger partial charge in [0.15, 0.2) is 0 Å². The molecule has 0 aliphatic heterocycles. The Kier molecular flexibility index (Phi) is 79.6. The molecule has 5 N–H and O–H groups in total. The van der Waals surface area contributed by atoms with E-state index in [1.54, 1.807) is 56.2 Å². The maximum atomic E-state index is 10.7. The summed E-state index contributed by atoms with van der Waals surface area (Å²) in [6.07, 6.45) is 0. The number of likely N-dealkylation sites (N-methyl/N-ethyl adjacent to an activating group) is 4. The molecule has 0 saturated carbocycles. The van der Waals surface area contributed by atoms with Gasteiger partial charge in [-0.3, -0.25) is 19.2 Å². The first-order valence-corrected chi connectivity index (χ1v) is 10.0. The standard InChI is InChI=1S/C5H12N2O2.C5H13N.2C4H9NO.C2H7NO.CH3.ClH.Mg/c1-6-4-5(8)7(2)9-3;1-5(2)4-6-3;2*1-4(6)3-5-2;1-3-4-2;;;/h6H,4H2,1-3H3;5-6H,4H2,1-3H3;2*5H,3H2,1-2H3;3H,1-2H3;1H3;1H;/q;;;;;-1;;+2/p-1. The van der Waals surface area contributed by atoms with Gasteiger partial charge in [-0.15, -0.1) is 0 Å². The van der Waals surface area contributed by atoms with Gasteiger partial charge in [0.05, 0.1) is 33.9 Å². The van der Waals surface area contributed by atoms with Crippen molar-refractivity contribution in [2.24, 2.45) is 5.92 Å². The molecule has 13 heteroatoms. The molecule has 0 fully saturated rings. The molecule has 206 valence electrons. The predicted octanol–water partition coefficient (Wildman–Crippen LogP) is -3.48. The fraction of sp³-hybridized carbons (Fsp3) is 0.810. The van der Waals surface area contributed by atoms with Gasteiger partial charge in [0.1, 0.15) is 11.6 Å². The third-order valence-electron chi connectivity index (χ3n) is 2.62. The van der Waals surface area contributed by atoms with Crippen molar-refractivity contribution in [1.29, 1.82) is 0 Å². The zero-order valence-corrected chi connectivity index (χ0v) is 26.1. The molecular formula is C21H53ClMgN6O5. The van der Waals surface area contributed by atoms with Crippen LogP contribution >= 0.6 is 0 Å². The third-order valence-corrected chi connectivity index (χ3v) is 2.62. The van der Waals surface area contributed by atoms with Crippen LogP contribution in [0.4, 0.5) is 0 Å². The van der Waals surface area contributed by atoms with Crippen LogP contribution < -0.4 is 39.2 Å². The molecule has 0 unspecified atom stereocenters. The van der Waals surface area contributed by atoms with Crippen molar-refractivity contribution in [3.8, 4) is 0 Å². The van der Waals surface area contributed by atoms with Crippen molar-refractivity contribution in [2.45, 2.75) is 27.7 Å². The smallest absolute Gasteiger partial charge is 1.00 e. The van der Waals surface area contributed by atoms with Gasteiger partial charge >= 0.3 is 23.1 Å². The van der Waals surface area contributed by atoms with Crippen LogP contribution in [0, 0.1) is 13.3 Å². The monoisotopic (exact) mass is 528 g/mol. The third kappa shape index (κ3) is 85.5. The number of Topliss-reactive ketones (excluding diaryl/α,β-unsaturated/α-hetero) is 2. The van der Waals surface area contributed by atoms with E-state index in [1.165, 1.54) is 12.2 Å². The minimum absolute atomic E-state index is 0. The number of hydrogen-bond donors (Lipinski definition) is 5. The molecule has 0 rings (SSSR count). The topological polar surface area (TPSA) is 133 Å². The fourth-order valence-electron chi connectivity index (χ4n) is 1.27. The summed E-state index contributed by atoms with van der Waals surface area (Å²) in [7, 11) is 13.5. The van der Waals surface area contributed by atoms with Crippen LogP contribution in [0.3, 0.4) is 0 Å². The number of halogens is 1. The SMILES string of the molecule is CNCC(=O)N(C)OC.CNCC(C)=O.CNCC(C)=O.CNCC(C)C.CNOC.[CH3-].[Cl-].[Mg+2]. The molecule has 11 nitrogen and oxygen atoms in total. The summed E-state index contributed by atoms with van der Waals surface area (Å²) < 4.78 is 0. The second-order valence-corrected chi connectivity index (χ2v) is 6.43. The van der Waals surface area contributed by atoms with Crippen molar-refractivity contribution < 1.29 is 36.5 Å². The van der Waals surface area contributed by atoms with E-state index < -0.39 is 0 Å². The van der Waals surface area contributed by atoms with Crippen molar-refractivity contribution in [1.82, 2.24) is 31.8 Å². The van der Waals surface area contributed by atoms with Crippen molar-refractivity contribution in [2.75, 3.05) is 82.7 Å². The van der Waals surface area contributed by atoms with Gasteiger partial charge in [0, 0.05) is 14.1 Å². The number of carbonyl (C=O) groups is 3. The van der Waals surface area contributed by atoms with E-state index in [1.807, 2.05) is 7.05 Å². The molecule has 0 aromatic carbocycles. The fourth-order valence-corrected chi connectivity index (χ4v) is 1.27. The van der Waals surface area contributed by atoms with E-state index in [2.05, 4.69) is 50.3 Å². The summed E-state index contributed by atoms with van der Waals surface area (Å²) in [6.45, 7) is 9.89. The summed E-state index contributed by atoms with van der Waals surface area (Å²) in [5.74, 6) is 1.06. The van der Waals surface area contributed by atoms with E-state index in [0.717, 1.165) is 12.5 Å². The maximum absolute atomic E-state index is 10.7. The molecule has 0 aromatic rings. The van der Waals surface area contributed by atoms with Gasteiger partial charge in [-0.2, -0.15) is 0 Å². The number of ketones is 2. The van der Waals surface area contributed by atoms with Gasteiger partial charge in [-0.05, 0) is 54.5 Å². The van der Waals surface area contributed by atoms with E-state index >= 15 is 0 Å². The Morgan fingerprint density at radius 1 is 0.794 bits per heavy atom. The molecule has 0 bridgehead atoms. The molecule has 0 saturated heterocycles. The van der Waals surface area contributed by atoms with Crippen LogP contribution in [0.1, 0.15) is 27.7 Å². The van der Waals surface area contributed by atoms with Crippen LogP contribution in [0.25, 0.3) is 0 Å². The Hall–Kier alpha value is -0.414. The summed E-state index contributed by atoms with van der Waals surface area (Å²) in [4.78, 5) is 39.6. The number of carbonyl (C=O) groups excluding carboxylic acids is 3. The Morgan fingerprint density at radius 2 is 1.12 bits per heavy atom. The Morgan fingerprint density at radius 3 is 1.21 bits per heavy atom. The molecule has 0 radical (unpaired) electrons. The Bertz CT molecular complexity index is 381. The number of nitrogens with one attached hydrogen (secondary N) is 5. The zero-order chi connectivity index (χ0) is 25.7. The first-order chi connectivity index (χ1) is 14.4. The van der Waals surface area contributed by atoms with Gasteiger partial charge in [0.25, 0.3) is 5.91 Å². The van der Waals surface area contributed by atoms with Crippen molar-refractivity contribution >= 4 is 40.5 Å². The van der Waals surface area contributed by atoms with Crippen LogP contribution in [0.2, 0.25) is 0 Å². The average molecular weight is 529 g/mol. The number of hydroxylamine groups is 3. The van der Waals surface area contributed by atoms with Crippen LogP contribution in [0.5, 0.6) is 0 Å². The minimum atomic E-state index is -0.0833. The largest absolute Gasteiger partial charge is 2.00 e. The van der Waals surface area contributed by atoms with Crippen molar-refractivity contribution in [3.05, 3.63) is 7.43 Å². The first-order valence-electron chi connectivity index (χ1n) is 10.0. The Labute approximate surface area is 232 Å². The number of amides is 1. The molecule has 0 aliphatic carbocycles. The molecule has 0 atom stereocenters. The molecular weight excluding hydrogens is 476 g/mol. The zero-order valence-electron chi connectivity index (χ0n) is 24.0. The molecule has 0 spiro atoms. The molecule has 0 aromatic heterocycles. The van der Waals surface area contributed by atoms with Gasteiger partial charge in [0.2, 0.25) is 0 Å². The normalized spacial score (nSPS) is 8.03. The van der Waals surface area contributed by atoms with Crippen LogP contribution in [0.15, 0.2) is 0 Å². The second-order valence-electron chi connectivity index (χ2n) is 6.43. The first kappa shape index (κ1) is 54.5. The van der Waals surface area contributed by atoms with E-state index in [0.29, 0.717) is 19.6 Å². The predicted molar refractivity (Wildman–Crippen MR) is 140 cm³/mol. The second kappa shape index (κ2) is 49.7. The van der Waals surface area contributed by atoms with E-state index in [4.69, 9.17) is 0 Å². The number of nitrogens with zero attached hydrogens (tertiary/aromatic N) is 1. The molecule has 0 heterocycles. The Balaban J connectivity index is -0.0000000414. The van der Waals surface area contributed by atoms with E-state index in [9.17, 15) is 14.4 Å². The van der Waals surface area contributed by atoms with Crippen LogP contribution in [-0.2, 0) is 24.1 Å². The molecule has 1 amide bonds. The minimum Gasteiger partial charge on any atom is -1.00 e. The summed E-state index contributed by atoms with van der Waals surface area (Å²) in [5, 5.41) is 12.4. The summed E-state index contributed by atoms with van der Waals surface area (Å²) in [5.41, 5.74) is 2.43. The number of hydrogen-bond acceptors (Lipinski definition) is 10.